The van der Waals surface area contributed by atoms with Gasteiger partial charge in [0.15, 0.2) is 11.5 Å². The normalized spacial score (nSPS) is 16.8. The topological polar surface area (TPSA) is 101 Å². The fourth-order valence-electron chi connectivity index (χ4n) is 1.44. The predicted molar refractivity (Wildman–Crippen MR) is 57.5 cm³/mol. The van der Waals surface area contributed by atoms with Crippen molar-refractivity contribution in [2.45, 2.75) is 12.8 Å². The molecule has 1 aromatic heterocycles. The SMILES string of the molecule is Nc1nccnc1C(=O)NCC1(CO)CC1. The maximum Gasteiger partial charge on any atom is 0.273 e. The zero-order valence-electron chi connectivity index (χ0n) is 8.81. The van der Waals surface area contributed by atoms with E-state index >= 15 is 0 Å². The third-order valence-corrected chi connectivity index (χ3v) is 2.86. The Morgan fingerprint density at radius 1 is 1.50 bits per heavy atom. The van der Waals surface area contributed by atoms with Crippen molar-refractivity contribution in [2.24, 2.45) is 5.41 Å². The Balaban J connectivity index is 1.96. The van der Waals surface area contributed by atoms with Crippen LogP contribution in [0.5, 0.6) is 0 Å². The van der Waals surface area contributed by atoms with Gasteiger partial charge in [-0.15, -0.1) is 0 Å². The van der Waals surface area contributed by atoms with Crippen molar-refractivity contribution in [1.82, 2.24) is 15.3 Å². The minimum Gasteiger partial charge on any atom is -0.396 e. The van der Waals surface area contributed by atoms with Gasteiger partial charge in [0, 0.05) is 24.4 Å². The van der Waals surface area contributed by atoms with Crippen LogP contribution in [0, 0.1) is 5.41 Å². The summed E-state index contributed by atoms with van der Waals surface area (Å²) < 4.78 is 0. The number of nitrogens with one attached hydrogen (secondary N) is 1. The summed E-state index contributed by atoms with van der Waals surface area (Å²) in [6, 6.07) is 0. The van der Waals surface area contributed by atoms with Crippen molar-refractivity contribution in [3.05, 3.63) is 18.1 Å². The first-order valence-electron chi connectivity index (χ1n) is 5.12. The molecule has 1 fully saturated rings. The van der Waals surface area contributed by atoms with E-state index in [1.165, 1.54) is 12.4 Å². The highest BCUT2D eigenvalue weighted by molar-refractivity contribution is 5.96. The van der Waals surface area contributed by atoms with Gasteiger partial charge in [-0.2, -0.15) is 0 Å². The van der Waals surface area contributed by atoms with Gasteiger partial charge in [0.05, 0.1) is 6.61 Å². The molecule has 1 aromatic rings. The summed E-state index contributed by atoms with van der Waals surface area (Å²) in [4.78, 5) is 19.3. The predicted octanol–water partition coefficient (Wildman–Crippen LogP) is -0.439. The fourth-order valence-corrected chi connectivity index (χ4v) is 1.44. The molecule has 0 aliphatic heterocycles. The Labute approximate surface area is 92.9 Å². The summed E-state index contributed by atoms with van der Waals surface area (Å²) in [6.45, 7) is 0.557. The van der Waals surface area contributed by atoms with Crippen LogP contribution in [0.15, 0.2) is 12.4 Å². The van der Waals surface area contributed by atoms with Crippen molar-refractivity contribution < 1.29 is 9.90 Å². The lowest BCUT2D eigenvalue weighted by molar-refractivity contribution is 0.0931. The summed E-state index contributed by atoms with van der Waals surface area (Å²) in [7, 11) is 0. The second kappa shape index (κ2) is 4.05. The second-order valence-corrected chi connectivity index (χ2v) is 4.13. The van der Waals surface area contributed by atoms with Gasteiger partial charge >= 0.3 is 0 Å². The number of rotatable bonds is 4. The van der Waals surface area contributed by atoms with Crippen LogP contribution in [0.4, 0.5) is 5.82 Å². The summed E-state index contributed by atoms with van der Waals surface area (Å²) in [5.74, 6) is -0.223. The van der Waals surface area contributed by atoms with E-state index < -0.39 is 0 Å². The van der Waals surface area contributed by atoms with Gasteiger partial charge in [-0.25, -0.2) is 9.97 Å². The van der Waals surface area contributed by atoms with Crippen LogP contribution < -0.4 is 11.1 Å². The molecule has 1 saturated carbocycles. The Morgan fingerprint density at radius 2 is 2.19 bits per heavy atom. The number of aliphatic hydroxyl groups is 1. The smallest absolute Gasteiger partial charge is 0.273 e. The van der Waals surface area contributed by atoms with Crippen LogP contribution in [-0.2, 0) is 0 Å². The number of hydrogen-bond acceptors (Lipinski definition) is 5. The lowest BCUT2D eigenvalue weighted by Gasteiger charge is -2.12. The first-order chi connectivity index (χ1) is 7.67. The number of amides is 1. The standard InChI is InChI=1S/C10H14N4O2/c11-8-7(12-3-4-13-8)9(16)14-5-10(6-15)1-2-10/h3-4,15H,1-2,5-6H2,(H2,11,13)(H,14,16). The van der Waals surface area contributed by atoms with Crippen LogP contribution in [0.25, 0.3) is 0 Å². The molecule has 6 nitrogen and oxygen atoms in total. The first kappa shape index (κ1) is 10.8. The molecule has 0 radical (unpaired) electrons. The maximum atomic E-state index is 11.7. The van der Waals surface area contributed by atoms with E-state index in [-0.39, 0.29) is 29.4 Å². The minimum atomic E-state index is -0.342. The molecule has 0 bridgehead atoms. The average Bonchev–Trinajstić information content (AvgIpc) is 3.07. The summed E-state index contributed by atoms with van der Waals surface area (Å²) >= 11 is 0. The van der Waals surface area contributed by atoms with Gasteiger partial charge in [0.2, 0.25) is 0 Å². The van der Waals surface area contributed by atoms with E-state index in [4.69, 9.17) is 10.8 Å². The highest BCUT2D eigenvalue weighted by Gasteiger charge is 2.42. The van der Waals surface area contributed by atoms with Gasteiger partial charge in [0.25, 0.3) is 5.91 Å². The molecule has 0 atom stereocenters. The van der Waals surface area contributed by atoms with Crippen LogP contribution >= 0.6 is 0 Å². The largest absolute Gasteiger partial charge is 0.396 e. The van der Waals surface area contributed by atoms with E-state index in [0.29, 0.717) is 6.54 Å². The zero-order valence-corrected chi connectivity index (χ0v) is 8.81. The molecule has 6 heteroatoms. The molecule has 1 aliphatic carbocycles. The van der Waals surface area contributed by atoms with Crippen molar-refractivity contribution in [1.29, 1.82) is 0 Å². The molecule has 0 unspecified atom stereocenters. The lowest BCUT2D eigenvalue weighted by Crippen LogP contribution is -2.33. The fraction of sp³-hybridized carbons (Fsp3) is 0.500. The quantitative estimate of drug-likeness (QED) is 0.641. The molecule has 0 spiro atoms. The van der Waals surface area contributed by atoms with Crippen molar-refractivity contribution in [3.63, 3.8) is 0 Å². The molecule has 2 rings (SSSR count). The van der Waals surface area contributed by atoms with Crippen LogP contribution in [0.2, 0.25) is 0 Å². The van der Waals surface area contributed by atoms with Crippen LogP contribution in [0.3, 0.4) is 0 Å². The molecule has 0 saturated heterocycles. The Morgan fingerprint density at radius 3 is 2.75 bits per heavy atom. The van der Waals surface area contributed by atoms with Gasteiger partial charge < -0.3 is 16.2 Å². The van der Waals surface area contributed by atoms with E-state index in [1.807, 2.05) is 0 Å². The molecular formula is C10H14N4O2. The second-order valence-electron chi connectivity index (χ2n) is 4.13. The molecule has 0 aromatic carbocycles. The monoisotopic (exact) mass is 222 g/mol. The highest BCUT2D eigenvalue weighted by atomic mass is 16.3. The molecular weight excluding hydrogens is 208 g/mol. The molecule has 16 heavy (non-hydrogen) atoms. The number of carbonyl (C=O) groups is 1. The van der Waals surface area contributed by atoms with Crippen molar-refractivity contribution >= 4 is 11.7 Å². The highest BCUT2D eigenvalue weighted by Crippen LogP contribution is 2.44. The third kappa shape index (κ3) is 2.11. The number of aliphatic hydroxyl groups excluding tert-OH is 1. The summed E-state index contributed by atoms with van der Waals surface area (Å²) in [5, 5.41) is 11.8. The zero-order chi connectivity index (χ0) is 11.6. The van der Waals surface area contributed by atoms with E-state index in [9.17, 15) is 4.79 Å². The molecule has 1 amide bonds. The Bertz CT molecular complexity index is 404. The number of carbonyl (C=O) groups excluding carboxylic acids is 1. The first-order valence-corrected chi connectivity index (χ1v) is 5.12. The number of nitrogens with zero attached hydrogens (tertiary/aromatic N) is 2. The van der Waals surface area contributed by atoms with Gasteiger partial charge in [-0.05, 0) is 12.8 Å². The summed E-state index contributed by atoms with van der Waals surface area (Å²) in [5.41, 5.74) is 5.54. The Hall–Kier alpha value is -1.69. The summed E-state index contributed by atoms with van der Waals surface area (Å²) in [6.07, 6.45) is 4.74. The minimum absolute atomic E-state index is 0.100. The molecule has 86 valence electrons. The average molecular weight is 222 g/mol. The van der Waals surface area contributed by atoms with Crippen LogP contribution in [0.1, 0.15) is 23.3 Å². The molecule has 1 heterocycles. The number of hydrogen-bond donors (Lipinski definition) is 3. The number of nitrogens with two attached hydrogens (primary N) is 1. The van der Waals surface area contributed by atoms with Gasteiger partial charge in [-0.3, -0.25) is 4.79 Å². The van der Waals surface area contributed by atoms with Crippen molar-refractivity contribution in [3.8, 4) is 0 Å². The number of anilines is 1. The number of nitrogen functional groups attached to an aromatic ring is 1. The lowest BCUT2D eigenvalue weighted by atomic mass is 10.1. The van der Waals surface area contributed by atoms with E-state index in [0.717, 1.165) is 12.8 Å². The van der Waals surface area contributed by atoms with Crippen LogP contribution in [-0.4, -0.2) is 34.1 Å². The van der Waals surface area contributed by atoms with E-state index in [2.05, 4.69) is 15.3 Å². The van der Waals surface area contributed by atoms with Gasteiger partial charge in [0.1, 0.15) is 0 Å². The molecule has 4 N–H and O–H groups in total. The molecule has 1 aliphatic rings. The van der Waals surface area contributed by atoms with Crippen molar-refractivity contribution in [2.75, 3.05) is 18.9 Å². The maximum absolute atomic E-state index is 11.7. The van der Waals surface area contributed by atoms with Gasteiger partial charge in [-0.1, -0.05) is 0 Å². The van der Waals surface area contributed by atoms with E-state index in [1.54, 1.807) is 0 Å². The third-order valence-electron chi connectivity index (χ3n) is 2.86. The number of aromatic nitrogens is 2. The Kier molecular flexibility index (Phi) is 2.74.